The zero-order valence-electron chi connectivity index (χ0n) is 41.4. The zero-order valence-corrected chi connectivity index (χ0v) is 42.2. The smallest absolute Gasteiger partial charge is 0.143 e. The van der Waals surface area contributed by atoms with Crippen LogP contribution in [0.1, 0.15) is 22.3 Å². The fraction of sp³-hybridized carbons (Fsp3) is 0.0137. The third-order valence-corrected chi connectivity index (χ3v) is 16.9. The Morgan fingerprint density at radius 3 is 1.54 bits per heavy atom. The van der Waals surface area contributed by atoms with Gasteiger partial charge in [-0.2, -0.15) is 0 Å². The van der Waals surface area contributed by atoms with E-state index in [0.29, 0.717) is 0 Å². The van der Waals surface area contributed by atoms with Gasteiger partial charge in [-0.05, 0) is 127 Å². The van der Waals surface area contributed by atoms with Gasteiger partial charge < -0.3 is 9.32 Å². The third-order valence-electron chi connectivity index (χ3n) is 15.8. The molecule has 2 aromatic heterocycles. The van der Waals surface area contributed by atoms with Gasteiger partial charge >= 0.3 is 0 Å². The van der Waals surface area contributed by atoms with Crippen LogP contribution in [0.25, 0.3) is 97.7 Å². The van der Waals surface area contributed by atoms with Crippen LogP contribution in [0.4, 0.5) is 17.1 Å². The van der Waals surface area contributed by atoms with E-state index in [1.165, 1.54) is 75.8 Å². The SMILES string of the molecule is c1ccc(C2(c3ccccc3)c3ccccc3-c3c(N(c4ccc(-c5ccc(-c6ccc7sc8ccccc8c7c6)cc5)cc4)c4ccc(-c5cccc(-c6cccc7c6oc6ccccc67)c5)cc4)cccc32)cc1. The maximum absolute atomic E-state index is 6.50. The van der Waals surface area contributed by atoms with Gasteiger partial charge in [0.2, 0.25) is 0 Å². The molecule has 0 fully saturated rings. The summed E-state index contributed by atoms with van der Waals surface area (Å²) >= 11 is 1.86. The van der Waals surface area contributed by atoms with Gasteiger partial charge in [0.05, 0.1) is 11.1 Å². The number of fused-ring (bicyclic) bond motifs is 9. The number of anilines is 3. The molecule has 0 saturated carbocycles. The average Bonchev–Trinajstić information content (AvgIpc) is 4.17. The summed E-state index contributed by atoms with van der Waals surface area (Å²) in [5.74, 6) is 0. The van der Waals surface area contributed by atoms with E-state index in [-0.39, 0.29) is 0 Å². The minimum absolute atomic E-state index is 0.531. The monoisotopic (exact) mass is 985 g/mol. The van der Waals surface area contributed by atoms with Crippen molar-refractivity contribution in [3.63, 3.8) is 0 Å². The standard InChI is InChI=1S/C73H47NOS/c1-3-18-55(19-4-1)73(56-20-5-2-6-21-56)65-27-10-7-24-63(65)71-66(73)28-15-29-67(71)74(57-41-36-49(37-42-57)48-32-34-50(35-33-48)53-40-45-70-64(47-53)61-23-9-12-31-69(61)76-70)58-43-38-51(39-44-58)52-16-13-17-54(46-52)59-25-14-26-62-60-22-8-11-30-68(60)75-72(59)62/h1-47H. The average molecular weight is 986 g/mol. The van der Waals surface area contributed by atoms with E-state index in [2.05, 4.69) is 278 Å². The summed E-state index contributed by atoms with van der Waals surface area (Å²) in [7, 11) is 0. The van der Waals surface area contributed by atoms with Crippen LogP contribution >= 0.6 is 11.3 Å². The van der Waals surface area contributed by atoms with E-state index in [1.807, 2.05) is 23.5 Å². The molecule has 76 heavy (non-hydrogen) atoms. The quantitative estimate of drug-likeness (QED) is 0.143. The lowest BCUT2D eigenvalue weighted by Gasteiger charge is -2.34. The normalized spacial score (nSPS) is 12.6. The van der Waals surface area contributed by atoms with Crippen LogP contribution in [0.3, 0.4) is 0 Å². The molecule has 0 amide bonds. The molecule has 15 rings (SSSR count). The molecule has 0 N–H and O–H groups in total. The Labute approximate surface area is 445 Å². The Bertz CT molecular complexity index is 4450. The molecule has 0 bridgehead atoms. The fourth-order valence-electron chi connectivity index (χ4n) is 12.3. The van der Waals surface area contributed by atoms with E-state index >= 15 is 0 Å². The predicted molar refractivity (Wildman–Crippen MR) is 320 cm³/mol. The zero-order chi connectivity index (χ0) is 50.2. The molecular formula is C73H47NOS. The number of thiophene rings is 1. The lowest BCUT2D eigenvalue weighted by molar-refractivity contribution is 0.670. The Balaban J connectivity index is 0.845. The number of para-hydroxylation sites is 2. The minimum Gasteiger partial charge on any atom is -0.455 e. The molecular weight excluding hydrogens is 939 g/mol. The van der Waals surface area contributed by atoms with Gasteiger partial charge in [0, 0.05) is 53.4 Å². The summed E-state index contributed by atoms with van der Waals surface area (Å²) in [6, 6.07) is 105. The maximum Gasteiger partial charge on any atom is 0.143 e. The summed E-state index contributed by atoms with van der Waals surface area (Å²) in [4.78, 5) is 2.46. The van der Waals surface area contributed by atoms with Gasteiger partial charge in [0.25, 0.3) is 0 Å². The van der Waals surface area contributed by atoms with E-state index < -0.39 is 5.41 Å². The highest BCUT2D eigenvalue weighted by Gasteiger charge is 2.47. The molecule has 2 nitrogen and oxygen atoms in total. The van der Waals surface area contributed by atoms with Crippen LogP contribution in [-0.4, -0.2) is 0 Å². The number of furan rings is 1. The summed E-state index contributed by atoms with van der Waals surface area (Å²) in [5, 5.41) is 4.90. The van der Waals surface area contributed by atoms with E-state index in [0.717, 1.165) is 61.3 Å². The van der Waals surface area contributed by atoms with E-state index in [9.17, 15) is 0 Å². The first kappa shape index (κ1) is 44.0. The van der Waals surface area contributed by atoms with Crippen LogP contribution in [0, 0.1) is 0 Å². The summed E-state index contributed by atoms with van der Waals surface area (Å²) in [6.45, 7) is 0. The second-order valence-electron chi connectivity index (χ2n) is 19.9. The molecule has 0 spiro atoms. The first-order valence-corrected chi connectivity index (χ1v) is 26.9. The second-order valence-corrected chi connectivity index (χ2v) is 21.0. The maximum atomic E-state index is 6.50. The van der Waals surface area contributed by atoms with Crippen molar-refractivity contribution in [2.75, 3.05) is 4.90 Å². The van der Waals surface area contributed by atoms with Crippen molar-refractivity contribution in [2.45, 2.75) is 5.41 Å². The second kappa shape index (κ2) is 17.8. The van der Waals surface area contributed by atoms with Gasteiger partial charge in [-0.25, -0.2) is 0 Å². The Morgan fingerprint density at radius 2 is 0.816 bits per heavy atom. The molecule has 0 unspecified atom stereocenters. The van der Waals surface area contributed by atoms with Gasteiger partial charge in [-0.15, -0.1) is 11.3 Å². The van der Waals surface area contributed by atoms with Crippen molar-refractivity contribution in [3.8, 4) is 55.6 Å². The number of rotatable bonds is 9. The first-order valence-electron chi connectivity index (χ1n) is 26.1. The van der Waals surface area contributed by atoms with Crippen molar-refractivity contribution >= 4 is 70.5 Å². The third kappa shape index (κ3) is 7.01. The molecule has 0 atom stereocenters. The summed E-state index contributed by atoms with van der Waals surface area (Å²) < 4.78 is 9.14. The molecule has 2 heterocycles. The largest absolute Gasteiger partial charge is 0.455 e. The van der Waals surface area contributed by atoms with Crippen LogP contribution in [0.15, 0.2) is 290 Å². The number of hydrogen-bond donors (Lipinski definition) is 0. The molecule has 0 aliphatic heterocycles. The molecule has 356 valence electrons. The first-order chi connectivity index (χ1) is 37.7. The molecule has 1 aliphatic carbocycles. The minimum atomic E-state index is -0.531. The van der Waals surface area contributed by atoms with Crippen LogP contribution in [0.2, 0.25) is 0 Å². The number of benzene rings is 12. The topological polar surface area (TPSA) is 16.4 Å². The van der Waals surface area contributed by atoms with Gasteiger partial charge in [0.1, 0.15) is 11.2 Å². The molecule has 3 heteroatoms. The Hall–Kier alpha value is -9.54. The van der Waals surface area contributed by atoms with Crippen molar-refractivity contribution in [2.24, 2.45) is 0 Å². The van der Waals surface area contributed by atoms with Crippen molar-refractivity contribution in [1.82, 2.24) is 0 Å². The number of nitrogens with zero attached hydrogens (tertiary/aromatic N) is 1. The van der Waals surface area contributed by atoms with Crippen LogP contribution in [0.5, 0.6) is 0 Å². The van der Waals surface area contributed by atoms with E-state index in [1.54, 1.807) is 0 Å². The lowest BCUT2D eigenvalue weighted by atomic mass is 9.68. The van der Waals surface area contributed by atoms with Gasteiger partial charge in [-0.1, -0.05) is 224 Å². The highest BCUT2D eigenvalue weighted by molar-refractivity contribution is 7.25. The fourth-order valence-corrected chi connectivity index (χ4v) is 13.4. The molecule has 0 radical (unpaired) electrons. The highest BCUT2D eigenvalue weighted by Crippen LogP contribution is 2.59. The molecule has 1 aliphatic rings. The Kier molecular flexibility index (Phi) is 10.3. The summed E-state index contributed by atoms with van der Waals surface area (Å²) in [6.07, 6.45) is 0. The summed E-state index contributed by atoms with van der Waals surface area (Å²) in [5.41, 5.74) is 21.3. The molecule has 0 saturated heterocycles. The van der Waals surface area contributed by atoms with Crippen molar-refractivity contribution < 1.29 is 4.42 Å². The highest BCUT2D eigenvalue weighted by atomic mass is 32.1. The molecule has 12 aromatic carbocycles. The van der Waals surface area contributed by atoms with Crippen molar-refractivity contribution in [1.29, 1.82) is 0 Å². The van der Waals surface area contributed by atoms with Gasteiger partial charge in [0.15, 0.2) is 0 Å². The lowest BCUT2D eigenvalue weighted by Crippen LogP contribution is -2.28. The van der Waals surface area contributed by atoms with Crippen LogP contribution < -0.4 is 4.90 Å². The van der Waals surface area contributed by atoms with Crippen LogP contribution in [-0.2, 0) is 5.41 Å². The Morgan fingerprint density at radius 1 is 0.316 bits per heavy atom. The van der Waals surface area contributed by atoms with E-state index in [4.69, 9.17) is 4.42 Å². The number of hydrogen-bond acceptors (Lipinski definition) is 3. The van der Waals surface area contributed by atoms with Crippen molar-refractivity contribution in [3.05, 3.63) is 307 Å². The molecule has 14 aromatic rings. The predicted octanol–water partition coefficient (Wildman–Crippen LogP) is 20.5. The van der Waals surface area contributed by atoms with Gasteiger partial charge in [-0.3, -0.25) is 0 Å².